The van der Waals surface area contributed by atoms with Gasteiger partial charge in [-0.1, -0.05) is 147 Å². The van der Waals surface area contributed by atoms with E-state index in [4.69, 9.17) is 24.8 Å². The number of hydrogen-bond donors (Lipinski definition) is 3. The Labute approximate surface area is 333 Å². The number of carboxylic acids is 1. The highest BCUT2D eigenvalue weighted by atomic mass is 31.2. The Bertz CT molecular complexity index is 1080. The fourth-order valence-electron chi connectivity index (χ4n) is 5.69. The molecule has 55 heavy (non-hydrogen) atoms. The van der Waals surface area contributed by atoms with Gasteiger partial charge in [0.25, 0.3) is 0 Å². The molecule has 0 amide bonds. The molecule has 11 nitrogen and oxygen atoms in total. The third kappa shape index (κ3) is 38.4. The van der Waals surface area contributed by atoms with E-state index in [1.807, 2.05) is 6.08 Å². The molecule has 0 aromatic heterocycles. The number of phosphoric ester groups is 1. The van der Waals surface area contributed by atoms with Gasteiger partial charge in [0.15, 0.2) is 6.10 Å². The van der Waals surface area contributed by atoms with Crippen molar-refractivity contribution < 1.29 is 47.5 Å². The number of ether oxygens (including phenoxy) is 2. The van der Waals surface area contributed by atoms with Crippen LogP contribution in [0.1, 0.15) is 187 Å². The maximum Gasteiger partial charge on any atom is 0.472 e. The summed E-state index contributed by atoms with van der Waals surface area (Å²) in [7, 11) is -4.73. The highest BCUT2D eigenvalue weighted by Crippen LogP contribution is 2.43. The summed E-state index contributed by atoms with van der Waals surface area (Å²) in [6.45, 7) is 2.74. The van der Waals surface area contributed by atoms with Gasteiger partial charge in [-0.25, -0.2) is 4.57 Å². The summed E-state index contributed by atoms with van der Waals surface area (Å²) >= 11 is 0. The first-order chi connectivity index (χ1) is 26.6. The average molecular weight is 800 g/mol. The van der Waals surface area contributed by atoms with Crippen LogP contribution in [-0.2, 0) is 37.5 Å². The van der Waals surface area contributed by atoms with Crippen molar-refractivity contribution in [1.29, 1.82) is 0 Å². The molecule has 1 unspecified atom stereocenters. The van der Waals surface area contributed by atoms with Crippen molar-refractivity contribution in [2.45, 2.75) is 199 Å². The Balaban J connectivity index is 4.45. The lowest BCUT2D eigenvalue weighted by Gasteiger charge is -2.20. The van der Waals surface area contributed by atoms with E-state index in [0.29, 0.717) is 19.3 Å². The molecule has 0 spiro atoms. The number of carboxylic acid groups (broad SMARTS) is 1. The zero-order chi connectivity index (χ0) is 40.7. The van der Waals surface area contributed by atoms with Crippen LogP contribution in [0.5, 0.6) is 0 Å². The van der Waals surface area contributed by atoms with Gasteiger partial charge in [0.2, 0.25) is 0 Å². The molecule has 4 N–H and O–H groups in total. The van der Waals surface area contributed by atoms with Crippen LogP contribution < -0.4 is 5.73 Å². The van der Waals surface area contributed by atoms with Crippen LogP contribution in [-0.4, -0.2) is 59.9 Å². The standard InChI is InChI=1S/C43H78NO10P/c1-3-5-7-9-11-13-15-17-19-20-21-23-25-27-29-31-33-35-42(46)54-39(37-52-55(49,50)53-38-40(44)43(47)48)36-51-41(45)34-32-30-28-26-24-22-18-16-14-12-10-8-6-4-2/h16,18,21,23,27,29,39-40H,3-15,17,19-20,22,24-26,28,30-38,44H2,1-2H3,(H,47,48)(H,49,50)/b18-16+,23-21+,29-27+/t39-,40+/m1/s1. The van der Waals surface area contributed by atoms with Crippen molar-refractivity contribution in [2.24, 2.45) is 5.73 Å². The van der Waals surface area contributed by atoms with Crippen LogP contribution in [0, 0.1) is 0 Å². The molecule has 0 aromatic carbocycles. The Morgan fingerprint density at radius 1 is 0.564 bits per heavy atom. The number of hydrogen-bond acceptors (Lipinski definition) is 9. The van der Waals surface area contributed by atoms with E-state index in [-0.39, 0.29) is 19.4 Å². The van der Waals surface area contributed by atoms with E-state index in [0.717, 1.165) is 51.4 Å². The maximum absolute atomic E-state index is 12.6. The Kier molecular flexibility index (Phi) is 37.0. The molecule has 0 bridgehead atoms. The van der Waals surface area contributed by atoms with Crippen LogP contribution in [0.4, 0.5) is 0 Å². The fraction of sp³-hybridized carbons (Fsp3) is 0.791. The SMILES string of the molecule is CCCCCCC/C=C/CCCCCCCC(=O)OC[C@H](COP(=O)(O)OC[C@H](N)C(=O)O)OC(=O)CCC/C=C/C/C=C/CCCCCCCCCCC. The molecule has 0 aliphatic carbocycles. The first-order valence-electron chi connectivity index (χ1n) is 21.5. The van der Waals surface area contributed by atoms with E-state index < -0.39 is 51.1 Å². The molecular formula is C43H78NO10P. The molecule has 3 atom stereocenters. The first kappa shape index (κ1) is 52.7. The number of carbonyl (C=O) groups is 3. The quantitative estimate of drug-likeness (QED) is 0.0233. The van der Waals surface area contributed by atoms with E-state index in [1.165, 1.54) is 89.9 Å². The summed E-state index contributed by atoms with van der Waals surface area (Å²) in [6, 6.07) is -1.53. The third-order valence-electron chi connectivity index (χ3n) is 9.11. The molecule has 0 aliphatic rings. The number of phosphoric acid groups is 1. The van der Waals surface area contributed by atoms with Crippen molar-refractivity contribution in [3.63, 3.8) is 0 Å². The summed E-state index contributed by atoms with van der Waals surface area (Å²) in [5.74, 6) is -2.45. The number of allylic oxidation sites excluding steroid dienone is 6. The number of nitrogens with two attached hydrogens (primary N) is 1. The molecular weight excluding hydrogens is 721 g/mol. The smallest absolute Gasteiger partial charge is 0.472 e. The third-order valence-corrected chi connectivity index (χ3v) is 10.1. The minimum Gasteiger partial charge on any atom is -0.480 e. The number of esters is 2. The predicted octanol–water partition coefficient (Wildman–Crippen LogP) is 11.2. The second kappa shape index (κ2) is 38.6. The normalized spacial score (nSPS) is 14.1. The number of rotatable bonds is 40. The second-order valence-electron chi connectivity index (χ2n) is 14.5. The van der Waals surface area contributed by atoms with Crippen LogP contribution in [0.25, 0.3) is 0 Å². The van der Waals surface area contributed by atoms with Gasteiger partial charge in [-0.05, 0) is 64.2 Å². The van der Waals surface area contributed by atoms with Gasteiger partial charge in [-0.2, -0.15) is 0 Å². The van der Waals surface area contributed by atoms with Crippen molar-refractivity contribution in [1.82, 2.24) is 0 Å². The molecule has 0 fully saturated rings. The summed E-state index contributed by atoms with van der Waals surface area (Å²) in [4.78, 5) is 45.9. The summed E-state index contributed by atoms with van der Waals surface area (Å²) in [6.07, 6.45) is 40.8. The maximum atomic E-state index is 12.6. The van der Waals surface area contributed by atoms with Gasteiger partial charge in [0.05, 0.1) is 13.2 Å². The van der Waals surface area contributed by atoms with Gasteiger partial charge < -0.3 is 25.2 Å². The topological polar surface area (TPSA) is 172 Å². The van der Waals surface area contributed by atoms with Crippen molar-refractivity contribution in [2.75, 3.05) is 19.8 Å². The van der Waals surface area contributed by atoms with Crippen LogP contribution in [0.15, 0.2) is 36.5 Å². The molecule has 0 saturated heterocycles. The van der Waals surface area contributed by atoms with Crippen molar-refractivity contribution in [3.05, 3.63) is 36.5 Å². The first-order valence-corrected chi connectivity index (χ1v) is 23.0. The van der Waals surface area contributed by atoms with Crippen molar-refractivity contribution in [3.8, 4) is 0 Å². The fourth-order valence-corrected chi connectivity index (χ4v) is 6.46. The van der Waals surface area contributed by atoms with Crippen LogP contribution in [0.3, 0.4) is 0 Å². The molecule has 0 aliphatic heterocycles. The molecule has 320 valence electrons. The van der Waals surface area contributed by atoms with E-state index in [1.54, 1.807) is 0 Å². The minimum absolute atomic E-state index is 0.0961. The highest BCUT2D eigenvalue weighted by Gasteiger charge is 2.28. The van der Waals surface area contributed by atoms with Gasteiger partial charge in [-0.15, -0.1) is 0 Å². The van der Waals surface area contributed by atoms with Gasteiger partial charge in [-0.3, -0.25) is 23.4 Å². The molecule has 0 aromatic rings. The molecule has 0 rings (SSSR count). The van der Waals surface area contributed by atoms with Crippen LogP contribution in [0.2, 0.25) is 0 Å². The lowest BCUT2D eigenvalue weighted by molar-refractivity contribution is -0.161. The van der Waals surface area contributed by atoms with Gasteiger partial charge in [0.1, 0.15) is 12.6 Å². The highest BCUT2D eigenvalue weighted by molar-refractivity contribution is 7.47. The summed E-state index contributed by atoms with van der Waals surface area (Å²) in [5.41, 5.74) is 5.32. The van der Waals surface area contributed by atoms with E-state index in [2.05, 4.69) is 48.8 Å². The molecule has 0 radical (unpaired) electrons. The molecule has 0 heterocycles. The number of unbranched alkanes of at least 4 members (excludes halogenated alkanes) is 20. The van der Waals surface area contributed by atoms with Gasteiger partial charge in [0, 0.05) is 12.8 Å². The summed E-state index contributed by atoms with van der Waals surface area (Å²) in [5, 5.41) is 8.88. The Hall–Kier alpha value is -2.30. The second-order valence-corrected chi connectivity index (χ2v) is 15.9. The van der Waals surface area contributed by atoms with E-state index in [9.17, 15) is 23.8 Å². The molecule has 12 heteroatoms. The van der Waals surface area contributed by atoms with Gasteiger partial charge >= 0.3 is 25.7 Å². The number of aliphatic carboxylic acids is 1. The zero-order valence-corrected chi connectivity index (χ0v) is 35.4. The van der Waals surface area contributed by atoms with Crippen LogP contribution >= 0.6 is 7.82 Å². The van der Waals surface area contributed by atoms with E-state index >= 15 is 0 Å². The lowest BCUT2D eigenvalue weighted by atomic mass is 10.1. The summed E-state index contributed by atoms with van der Waals surface area (Å²) < 4.78 is 32.6. The largest absolute Gasteiger partial charge is 0.480 e. The molecule has 0 saturated carbocycles. The predicted molar refractivity (Wildman–Crippen MR) is 222 cm³/mol. The lowest BCUT2D eigenvalue weighted by Crippen LogP contribution is -2.34. The average Bonchev–Trinajstić information content (AvgIpc) is 3.16. The minimum atomic E-state index is -4.73. The zero-order valence-electron chi connectivity index (χ0n) is 34.5. The monoisotopic (exact) mass is 800 g/mol. The Morgan fingerprint density at radius 3 is 1.49 bits per heavy atom. The van der Waals surface area contributed by atoms with Crippen molar-refractivity contribution >= 4 is 25.7 Å². The Morgan fingerprint density at radius 2 is 0.982 bits per heavy atom. The number of carbonyl (C=O) groups excluding carboxylic acids is 2.